The van der Waals surface area contributed by atoms with Crippen LogP contribution < -0.4 is 9.54 Å². The predicted octanol–water partition coefficient (Wildman–Crippen LogP) is 5.08. The zero-order chi connectivity index (χ0) is 22.3. The molecule has 0 bridgehead atoms. The van der Waals surface area contributed by atoms with Gasteiger partial charge in [0.2, 0.25) is 0 Å². The minimum Gasteiger partial charge on any atom is -0.495 e. The number of ether oxygens (including phenoxy) is 2. The van der Waals surface area contributed by atoms with Gasteiger partial charge in [0.15, 0.2) is 4.80 Å². The molecular formula is C26H26N2O3S. The topological polar surface area (TPSA) is 52.8 Å². The molecule has 0 aliphatic carbocycles. The average molecular weight is 447 g/mol. The molecule has 0 saturated heterocycles. The highest BCUT2D eigenvalue weighted by molar-refractivity contribution is 7.16. The number of aromatic nitrogens is 1. The molecule has 4 aromatic rings. The van der Waals surface area contributed by atoms with Crippen LogP contribution in [0.15, 0.2) is 77.8 Å². The van der Waals surface area contributed by atoms with Crippen molar-refractivity contribution < 1.29 is 14.3 Å². The summed E-state index contributed by atoms with van der Waals surface area (Å²) in [5, 5.41) is 0. The number of para-hydroxylation sites is 1. The number of rotatable bonds is 8. The molecule has 0 atom stereocenters. The standard InChI is InChI=1S/C26H26N2O3S/c1-3-31-17-16-28-24-22(30-2)10-7-11-23(24)32-26(28)27-25(29)21-14-12-20(13-15-21)18-19-8-5-4-6-9-19/h4-15H,3,16-18H2,1-2H3. The van der Waals surface area contributed by atoms with E-state index in [0.29, 0.717) is 30.1 Å². The first-order valence-corrected chi connectivity index (χ1v) is 11.5. The summed E-state index contributed by atoms with van der Waals surface area (Å²) in [4.78, 5) is 18.1. The van der Waals surface area contributed by atoms with Crippen molar-refractivity contribution >= 4 is 27.5 Å². The number of fused-ring (bicyclic) bond motifs is 1. The lowest BCUT2D eigenvalue weighted by atomic mass is 10.0. The number of thiazole rings is 1. The van der Waals surface area contributed by atoms with Crippen LogP contribution >= 0.6 is 11.3 Å². The van der Waals surface area contributed by atoms with E-state index in [4.69, 9.17) is 9.47 Å². The Morgan fingerprint density at radius 3 is 2.44 bits per heavy atom. The van der Waals surface area contributed by atoms with E-state index in [1.54, 1.807) is 7.11 Å². The monoisotopic (exact) mass is 446 g/mol. The fourth-order valence-electron chi connectivity index (χ4n) is 3.60. The van der Waals surface area contributed by atoms with Crippen molar-refractivity contribution in [2.24, 2.45) is 4.99 Å². The van der Waals surface area contributed by atoms with Crippen LogP contribution in [0.3, 0.4) is 0 Å². The zero-order valence-corrected chi connectivity index (χ0v) is 19.1. The van der Waals surface area contributed by atoms with Crippen LogP contribution in [0.4, 0.5) is 0 Å². The Morgan fingerprint density at radius 1 is 0.969 bits per heavy atom. The summed E-state index contributed by atoms with van der Waals surface area (Å²) in [6, 6.07) is 23.9. The lowest BCUT2D eigenvalue weighted by molar-refractivity contribution is 0.0996. The second kappa shape index (κ2) is 10.4. The van der Waals surface area contributed by atoms with Crippen LogP contribution in [0.25, 0.3) is 10.2 Å². The summed E-state index contributed by atoms with van der Waals surface area (Å²) in [5.74, 6) is 0.501. The molecule has 1 amide bonds. The Bertz CT molecular complexity index is 1260. The first-order valence-electron chi connectivity index (χ1n) is 10.7. The molecule has 1 aromatic heterocycles. The Morgan fingerprint density at radius 2 is 1.72 bits per heavy atom. The minimum absolute atomic E-state index is 0.257. The maximum Gasteiger partial charge on any atom is 0.279 e. The first kappa shape index (κ1) is 22.0. The second-order valence-corrected chi connectivity index (χ2v) is 8.33. The largest absolute Gasteiger partial charge is 0.495 e. The molecule has 0 unspecified atom stereocenters. The van der Waals surface area contributed by atoms with E-state index >= 15 is 0 Å². The van der Waals surface area contributed by atoms with Crippen molar-refractivity contribution in [3.05, 3.63) is 94.3 Å². The Balaban J connectivity index is 1.64. The van der Waals surface area contributed by atoms with E-state index in [9.17, 15) is 4.79 Å². The van der Waals surface area contributed by atoms with Gasteiger partial charge in [-0.25, -0.2) is 0 Å². The Labute approximate surface area is 191 Å². The lowest BCUT2D eigenvalue weighted by Gasteiger charge is -2.08. The van der Waals surface area contributed by atoms with Crippen molar-refractivity contribution in [3.63, 3.8) is 0 Å². The van der Waals surface area contributed by atoms with Crippen molar-refractivity contribution in [1.82, 2.24) is 4.57 Å². The van der Waals surface area contributed by atoms with E-state index in [2.05, 4.69) is 17.1 Å². The summed E-state index contributed by atoms with van der Waals surface area (Å²) in [6.45, 7) is 3.74. The molecule has 1 heterocycles. The highest BCUT2D eigenvalue weighted by Gasteiger charge is 2.13. The predicted molar refractivity (Wildman–Crippen MR) is 128 cm³/mol. The van der Waals surface area contributed by atoms with E-state index in [1.807, 2.05) is 72.2 Å². The number of hydrogen-bond donors (Lipinski definition) is 0. The summed E-state index contributed by atoms with van der Waals surface area (Å²) >= 11 is 1.48. The van der Waals surface area contributed by atoms with Crippen molar-refractivity contribution in [2.75, 3.05) is 20.3 Å². The van der Waals surface area contributed by atoms with E-state index < -0.39 is 0 Å². The fourth-order valence-corrected chi connectivity index (χ4v) is 4.68. The quantitative estimate of drug-likeness (QED) is 0.355. The molecule has 0 saturated carbocycles. The molecule has 0 aliphatic heterocycles. The molecule has 164 valence electrons. The smallest absolute Gasteiger partial charge is 0.279 e. The van der Waals surface area contributed by atoms with Gasteiger partial charge >= 0.3 is 0 Å². The third-order valence-corrected chi connectivity index (χ3v) is 6.24. The normalized spacial score (nSPS) is 11.8. The molecule has 0 radical (unpaired) electrons. The van der Waals surface area contributed by atoms with Crippen molar-refractivity contribution in [1.29, 1.82) is 0 Å². The number of amides is 1. The third-order valence-electron chi connectivity index (χ3n) is 5.20. The van der Waals surface area contributed by atoms with Gasteiger partial charge in [0, 0.05) is 18.7 Å². The molecule has 0 N–H and O–H groups in total. The van der Waals surface area contributed by atoms with Gasteiger partial charge in [-0.3, -0.25) is 4.79 Å². The van der Waals surface area contributed by atoms with Gasteiger partial charge in [-0.2, -0.15) is 4.99 Å². The SMILES string of the molecule is CCOCCn1c(=NC(=O)c2ccc(Cc3ccccc3)cc2)sc2cccc(OC)c21. The molecule has 0 spiro atoms. The van der Waals surface area contributed by atoms with Gasteiger partial charge in [0.05, 0.1) is 18.4 Å². The Kier molecular flexibility index (Phi) is 7.14. The third kappa shape index (κ3) is 4.98. The van der Waals surface area contributed by atoms with Gasteiger partial charge in [0.25, 0.3) is 5.91 Å². The molecule has 5 nitrogen and oxygen atoms in total. The highest BCUT2D eigenvalue weighted by atomic mass is 32.1. The first-order chi connectivity index (χ1) is 15.7. The number of methoxy groups -OCH3 is 1. The van der Waals surface area contributed by atoms with E-state index in [0.717, 1.165) is 28.0 Å². The second-order valence-electron chi connectivity index (χ2n) is 7.32. The van der Waals surface area contributed by atoms with Crippen LogP contribution in [-0.4, -0.2) is 30.8 Å². The van der Waals surface area contributed by atoms with Crippen LogP contribution in [0.1, 0.15) is 28.4 Å². The summed E-state index contributed by atoms with van der Waals surface area (Å²) < 4.78 is 14.1. The van der Waals surface area contributed by atoms with Crippen LogP contribution in [0.5, 0.6) is 5.75 Å². The number of nitrogens with zero attached hydrogens (tertiary/aromatic N) is 2. The van der Waals surface area contributed by atoms with Crippen LogP contribution in [0, 0.1) is 0 Å². The number of benzene rings is 3. The van der Waals surface area contributed by atoms with Crippen molar-refractivity contribution in [3.8, 4) is 5.75 Å². The van der Waals surface area contributed by atoms with Gasteiger partial charge in [-0.05, 0) is 48.7 Å². The number of hydrogen-bond acceptors (Lipinski definition) is 4. The maximum atomic E-state index is 13.0. The van der Waals surface area contributed by atoms with Gasteiger partial charge < -0.3 is 14.0 Å². The summed E-state index contributed by atoms with van der Waals surface area (Å²) in [6.07, 6.45) is 0.833. The lowest BCUT2D eigenvalue weighted by Crippen LogP contribution is -2.20. The molecule has 32 heavy (non-hydrogen) atoms. The van der Waals surface area contributed by atoms with Gasteiger partial charge in [-0.1, -0.05) is 59.9 Å². The fraction of sp³-hybridized carbons (Fsp3) is 0.231. The molecule has 0 fully saturated rings. The van der Waals surface area contributed by atoms with E-state index in [1.165, 1.54) is 16.9 Å². The average Bonchev–Trinajstić information content (AvgIpc) is 3.17. The molecule has 0 aliphatic rings. The van der Waals surface area contributed by atoms with Crippen LogP contribution in [-0.2, 0) is 17.7 Å². The highest BCUT2D eigenvalue weighted by Crippen LogP contribution is 2.27. The minimum atomic E-state index is -0.257. The van der Waals surface area contributed by atoms with Crippen LogP contribution in [0.2, 0.25) is 0 Å². The maximum absolute atomic E-state index is 13.0. The molecule has 4 rings (SSSR count). The summed E-state index contributed by atoms with van der Waals surface area (Å²) in [5.41, 5.74) is 3.91. The van der Waals surface area contributed by atoms with Gasteiger partial charge in [0.1, 0.15) is 11.3 Å². The zero-order valence-electron chi connectivity index (χ0n) is 18.3. The van der Waals surface area contributed by atoms with E-state index in [-0.39, 0.29) is 5.91 Å². The molecule has 3 aromatic carbocycles. The number of carbonyl (C=O) groups excluding carboxylic acids is 1. The molecular weight excluding hydrogens is 420 g/mol. The van der Waals surface area contributed by atoms with Crippen molar-refractivity contribution in [2.45, 2.75) is 19.9 Å². The van der Waals surface area contributed by atoms with Gasteiger partial charge in [-0.15, -0.1) is 0 Å². The Hall–Kier alpha value is -3.22. The number of carbonyl (C=O) groups is 1. The summed E-state index contributed by atoms with van der Waals surface area (Å²) in [7, 11) is 1.65. The molecule has 6 heteroatoms.